The fourth-order valence-corrected chi connectivity index (χ4v) is 2.41. The van der Waals surface area contributed by atoms with Crippen molar-refractivity contribution >= 4 is 17.6 Å². The van der Waals surface area contributed by atoms with E-state index in [1.54, 1.807) is 24.3 Å². The van der Waals surface area contributed by atoms with Gasteiger partial charge in [0, 0.05) is 25.0 Å². The third-order valence-electron chi connectivity index (χ3n) is 3.72. The molecule has 0 aliphatic carbocycles. The Morgan fingerprint density at radius 1 is 1.12 bits per heavy atom. The van der Waals surface area contributed by atoms with Gasteiger partial charge in [-0.1, -0.05) is 24.3 Å². The second-order valence-electron chi connectivity index (χ2n) is 5.72. The quantitative estimate of drug-likeness (QED) is 0.375. The number of aliphatic hydroxyl groups is 1. The van der Waals surface area contributed by atoms with Gasteiger partial charge in [0.15, 0.2) is 0 Å². The minimum absolute atomic E-state index is 0.0165. The lowest BCUT2D eigenvalue weighted by Crippen LogP contribution is -2.36. The Morgan fingerprint density at radius 2 is 1.81 bits per heavy atom. The van der Waals surface area contributed by atoms with E-state index in [1.807, 2.05) is 0 Å². The van der Waals surface area contributed by atoms with Crippen LogP contribution in [0.15, 0.2) is 48.5 Å². The third-order valence-corrected chi connectivity index (χ3v) is 3.72. The number of carbonyl (C=O) groups excluding carboxylic acids is 1. The normalized spacial score (nSPS) is 11.6. The van der Waals surface area contributed by atoms with E-state index in [0.29, 0.717) is 12.0 Å². The number of hydrogen-bond donors (Lipinski definition) is 3. The van der Waals surface area contributed by atoms with Crippen molar-refractivity contribution in [3.8, 4) is 0 Å². The van der Waals surface area contributed by atoms with E-state index < -0.39 is 17.1 Å². The SMILES string of the molecule is O=C(CCc1ccc([N+](=O)[O-])cc1)NC(O)Cc1cccc(C(=O)O)c1. The molecule has 2 rings (SSSR count). The number of nitrogens with one attached hydrogen (secondary N) is 1. The van der Waals surface area contributed by atoms with Crippen molar-refractivity contribution in [2.24, 2.45) is 0 Å². The molecule has 26 heavy (non-hydrogen) atoms. The largest absolute Gasteiger partial charge is 0.478 e. The van der Waals surface area contributed by atoms with E-state index in [4.69, 9.17) is 5.11 Å². The van der Waals surface area contributed by atoms with Gasteiger partial charge in [-0.3, -0.25) is 14.9 Å². The smallest absolute Gasteiger partial charge is 0.335 e. The first kappa shape index (κ1) is 19.1. The monoisotopic (exact) mass is 358 g/mol. The summed E-state index contributed by atoms with van der Waals surface area (Å²) in [6, 6.07) is 12.0. The molecule has 0 heterocycles. The Labute approximate surface area is 149 Å². The number of aliphatic hydroxyl groups excluding tert-OH is 1. The maximum atomic E-state index is 11.9. The van der Waals surface area contributed by atoms with Gasteiger partial charge in [-0.05, 0) is 29.7 Å². The van der Waals surface area contributed by atoms with Crippen LogP contribution < -0.4 is 5.32 Å². The Balaban J connectivity index is 1.82. The van der Waals surface area contributed by atoms with Crippen LogP contribution in [0.4, 0.5) is 5.69 Å². The highest BCUT2D eigenvalue weighted by Gasteiger charge is 2.12. The first-order chi connectivity index (χ1) is 12.3. The number of benzene rings is 2. The summed E-state index contributed by atoms with van der Waals surface area (Å²) in [5, 5.41) is 31.9. The van der Waals surface area contributed by atoms with Crippen molar-refractivity contribution in [3.05, 3.63) is 75.3 Å². The molecule has 0 saturated carbocycles. The van der Waals surface area contributed by atoms with E-state index in [0.717, 1.165) is 5.56 Å². The molecule has 1 unspecified atom stereocenters. The number of carboxylic acid groups (broad SMARTS) is 1. The number of nitrogens with zero attached hydrogens (tertiary/aromatic N) is 1. The standard InChI is InChI=1S/C18H18N2O6/c21-16(9-6-12-4-7-15(8-5-12)20(25)26)19-17(22)11-13-2-1-3-14(10-13)18(23)24/h1-5,7-8,10,17,22H,6,9,11H2,(H,19,21)(H,23,24). The molecule has 8 nitrogen and oxygen atoms in total. The molecule has 136 valence electrons. The average molecular weight is 358 g/mol. The molecule has 1 amide bonds. The highest BCUT2D eigenvalue weighted by molar-refractivity contribution is 5.87. The topological polar surface area (TPSA) is 130 Å². The lowest BCUT2D eigenvalue weighted by molar-refractivity contribution is -0.384. The molecule has 8 heteroatoms. The molecule has 0 radical (unpaired) electrons. The first-order valence-electron chi connectivity index (χ1n) is 7.88. The van der Waals surface area contributed by atoms with Crippen molar-refractivity contribution in [1.29, 1.82) is 0 Å². The molecule has 1 atom stereocenters. The fraction of sp³-hybridized carbons (Fsp3) is 0.222. The van der Waals surface area contributed by atoms with E-state index in [-0.39, 0.29) is 30.0 Å². The van der Waals surface area contributed by atoms with Crippen LogP contribution in [0.1, 0.15) is 27.9 Å². The summed E-state index contributed by atoms with van der Waals surface area (Å²) < 4.78 is 0. The molecular formula is C18H18N2O6. The molecule has 2 aromatic carbocycles. The minimum atomic E-state index is -1.14. The zero-order chi connectivity index (χ0) is 19.1. The van der Waals surface area contributed by atoms with Crippen LogP contribution in [0.5, 0.6) is 0 Å². The van der Waals surface area contributed by atoms with Crippen LogP contribution >= 0.6 is 0 Å². The molecule has 3 N–H and O–H groups in total. The highest BCUT2D eigenvalue weighted by atomic mass is 16.6. The first-order valence-corrected chi connectivity index (χ1v) is 7.88. The third kappa shape index (κ3) is 5.67. The Kier molecular flexibility index (Phi) is 6.40. The zero-order valence-electron chi connectivity index (χ0n) is 13.8. The van der Waals surface area contributed by atoms with E-state index in [1.165, 1.54) is 24.3 Å². The van der Waals surface area contributed by atoms with Gasteiger partial charge in [-0.25, -0.2) is 4.79 Å². The summed E-state index contributed by atoms with van der Waals surface area (Å²) in [6.45, 7) is 0. The maximum absolute atomic E-state index is 11.9. The lowest BCUT2D eigenvalue weighted by atomic mass is 10.1. The van der Waals surface area contributed by atoms with Crippen LogP contribution in [0.2, 0.25) is 0 Å². The number of hydrogen-bond acceptors (Lipinski definition) is 5. The van der Waals surface area contributed by atoms with Crippen LogP contribution in [0.25, 0.3) is 0 Å². The predicted octanol–water partition coefficient (Wildman–Crippen LogP) is 1.90. The van der Waals surface area contributed by atoms with Gasteiger partial charge < -0.3 is 15.5 Å². The van der Waals surface area contributed by atoms with Crippen LogP contribution in [0.3, 0.4) is 0 Å². The molecule has 0 bridgehead atoms. The van der Waals surface area contributed by atoms with E-state index in [2.05, 4.69) is 5.32 Å². The number of carboxylic acids is 1. The Hall–Kier alpha value is -3.26. The number of amides is 1. The lowest BCUT2D eigenvalue weighted by Gasteiger charge is -2.13. The van der Waals surface area contributed by atoms with Gasteiger partial charge in [-0.2, -0.15) is 0 Å². The molecule has 0 aromatic heterocycles. The minimum Gasteiger partial charge on any atom is -0.478 e. The number of aromatic carboxylic acids is 1. The van der Waals surface area contributed by atoms with Gasteiger partial charge in [0.2, 0.25) is 5.91 Å². The van der Waals surface area contributed by atoms with Crippen molar-refractivity contribution in [3.63, 3.8) is 0 Å². The second kappa shape index (κ2) is 8.72. The Bertz CT molecular complexity index is 804. The predicted molar refractivity (Wildman–Crippen MR) is 92.7 cm³/mol. The van der Waals surface area contributed by atoms with Crippen LogP contribution in [-0.4, -0.2) is 33.2 Å². The molecule has 0 fully saturated rings. The number of nitro groups is 1. The van der Waals surface area contributed by atoms with E-state index >= 15 is 0 Å². The van der Waals surface area contributed by atoms with Crippen molar-refractivity contribution in [1.82, 2.24) is 5.32 Å². The summed E-state index contributed by atoms with van der Waals surface area (Å²) in [7, 11) is 0. The molecule has 0 spiro atoms. The molecular weight excluding hydrogens is 340 g/mol. The number of aryl methyl sites for hydroxylation is 1. The molecule has 2 aromatic rings. The van der Waals surface area contributed by atoms with Gasteiger partial charge in [0.05, 0.1) is 10.5 Å². The van der Waals surface area contributed by atoms with Crippen LogP contribution in [0, 0.1) is 10.1 Å². The van der Waals surface area contributed by atoms with Gasteiger partial charge >= 0.3 is 5.97 Å². The van der Waals surface area contributed by atoms with Crippen molar-refractivity contribution in [2.45, 2.75) is 25.5 Å². The summed E-state index contributed by atoms with van der Waals surface area (Å²) in [4.78, 5) is 32.9. The molecule has 0 aliphatic rings. The molecule has 0 aliphatic heterocycles. The van der Waals surface area contributed by atoms with Gasteiger partial charge in [0.25, 0.3) is 5.69 Å². The van der Waals surface area contributed by atoms with Gasteiger partial charge in [-0.15, -0.1) is 0 Å². The molecule has 0 saturated heterocycles. The average Bonchev–Trinajstić information content (AvgIpc) is 2.60. The number of non-ortho nitro benzene ring substituents is 1. The van der Waals surface area contributed by atoms with Crippen molar-refractivity contribution in [2.75, 3.05) is 0 Å². The van der Waals surface area contributed by atoms with Crippen LogP contribution in [-0.2, 0) is 17.6 Å². The summed E-state index contributed by atoms with van der Waals surface area (Å²) >= 11 is 0. The number of carbonyl (C=O) groups is 2. The number of nitro benzene ring substituents is 1. The summed E-state index contributed by atoms with van der Waals surface area (Å²) in [6.07, 6.45) is -0.553. The second-order valence-corrected chi connectivity index (χ2v) is 5.72. The van der Waals surface area contributed by atoms with Crippen molar-refractivity contribution < 1.29 is 24.7 Å². The number of rotatable bonds is 8. The maximum Gasteiger partial charge on any atom is 0.335 e. The highest BCUT2D eigenvalue weighted by Crippen LogP contribution is 2.13. The fourth-order valence-electron chi connectivity index (χ4n) is 2.41. The Morgan fingerprint density at radius 3 is 2.42 bits per heavy atom. The zero-order valence-corrected chi connectivity index (χ0v) is 13.8. The summed E-state index contributed by atoms with van der Waals surface area (Å²) in [5.41, 5.74) is 1.46. The van der Waals surface area contributed by atoms with E-state index in [9.17, 15) is 24.8 Å². The summed E-state index contributed by atoms with van der Waals surface area (Å²) in [5.74, 6) is -1.43. The van der Waals surface area contributed by atoms with Gasteiger partial charge in [0.1, 0.15) is 6.23 Å².